The number of aromatic nitrogens is 1. The fourth-order valence-corrected chi connectivity index (χ4v) is 3.91. The zero-order valence-electron chi connectivity index (χ0n) is 15.3. The van der Waals surface area contributed by atoms with Gasteiger partial charge in [-0.05, 0) is 30.5 Å². The van der Waals surface area contributed by atoms with Crippen molar-refractivity contribution in [3.8, 4) is 0 Å². The topological polar surface area (TPSA) is 142 Å². The van der Waals surface area contributed by atoms with Crippen molar-refractivity contribution in [2.24, 2.45) is 0 Å². The Bertz CT molecular complexity index is 1180. The summed E-state index contributed by atoms with van der Waals surface area (Å²) in [5.74, 6) is 0.253. The predicted octanol–water partition coefficient (Wildman–Crippen LogP) is 2.81. The van der Waals surface area contributed by atoms with Crippen LogP contribution in [0.15, 0.2) is 56.9 Å². The number of furan rings is 1. The van der Waals surface area contributed by atoms with Crippen LogP contribution in [0.1, 0.15) is 0 Å². The molecule has 0 radical (unpaired) electrons. The Morgan fingerprint density at radius 2 is 1.72 bits per heavy atom. The minimum Gasteiger partial charge on any atom is -0.463 e. The molecule has 0 bridgehead atoms. The van der Waals surface area contributed by atoms with Gasteiger partial charge in [0.15, 0.2) is 0 Å². The molecule has 0 aliphatic carbocycles. The van der Waals surface area contributed by atoms with Crippen molar-refractivity contribution in [1.82, 2.24) is 15.0 Å². The SMILES string of the molecule is CNC(=O)Nc1cc(SC)cc(NC(=O)NS(=O)(=O)c2coc3ccccc23)n1. The van der Waals surface area contributed by atoms with E-state index in [-0.39, 0.29) is 16.5 Å². The van der Waals surface area contributed by atoms with Gasteiger partial charge < -0.3 is 9.73 Å². The molecule has 0 spiro atoms. The van der Waals surface area contributed by atoms with Crippen LogP contribution < -0.4 is 20.7 Å². The number of amides is 4. The lowest BCUT2D eigenvalue weighted by atomic mass is 10.3. The molecule has 2 aromatic heterocycles. The van der Waals surface area contributed by atoms with Crippen LogP contribution in [-0.4, -0.2) is 38.8 Å². The summed E-state index contributed by atoms with van der Waals surface area (Å²) in [5, 5.41) is 7.59. The number of urea groups is 2. The van der Waals surface area contributed by atoms with Gasteiger partial charge in [0.2, 0.25) is 0 Å². The van der Waals surface area contributed by atoms with Crippen molar-refractivity contribution in [2.45, 2.75) is 9.79 Å². The Hall–Kier alpha value is -3.25. The third-order valence-corrected chi connectivity index (χ3v) is 5.76. The van der Waals surface area contributed by atoms with E-state index in [4.69, 9.17) is 4.42 Å². The standard InChI is InChI=1S/C17H17N5O5S2/c1-18-16(23)20-14-7-10(28-2)8-15(19-14)21-17(24)22-29(25,26)13-9-27-12-6-4-3-5-11(12)13/h3-9H,1-2H3,(H4,18,19,20,21,22,23,24). The molecule has 0 fully saturated rings. The Balaban J connectivity index is 1.79. The first-order valence-corrected chi connectivity index (χ1v) is 10.9. The maximum absolute atomic E-state index is 12.6. The van der Waals surface area contributed by atoms with Crippen LogP contribution in [0.5, 0.6) is 0 Å². The van der Waals surface area contributed by atoms with E-state index in [0.717, 1.165) is 6.26 Å². The molecule has 1 aromatic carbocycles. The lowest BCUT2D eigenvalue weighted by Gasteiger charge is -2.11. The van der Waals surface area contributed by atoms with Gasteiger partial charge in [0, 0.05) is 17.3 Å². The van der Waals surface area contributed by atoms with Gasteiger partial charge in [-0.15, -0.1) is 11.8 Å². The summed E-state index contributed by atoms with van der Waals surface area (Å²) < 4.78 is 32.3. The highest BCUT2D eigenvalue weighted by Crippen LogP contribution is 2.25. The third kappa shape index (κ3) is 4.78. The Kier molecular flexibility index (Phi) is 5.94. The molecule has 4 amide bonds. The lowest BCUT2D eigenvalue weighted by Crippen LogP contribution is -2.34. The number of nitrogens with one attached hydrogen (secondary N) is 4. The summed E-state index contributed by atoms with van der Waals surface area (Å²) in [6.45, 7) is 0. The molecule has 29 heavy (non-hydrogen) atoms. The van der Waals surface area contributed by atoms with Gasteiger partial charge in [0.1, 0.15) is 28.4 Å². The van der Waals surface area contributed by atoms with Gasteiger partial charge in [-0.1, -0.05) is 12.1 Å². The highest BCUT2D eigenvalue weighted by atomic mass is 32.2. The van der Waals surface area contributed by atoms with Crippen molar-refractivity contribution < 1.29 is 22.4 Å². The average Bonchev–Trinajstić information content (AvgIpc) is 3.12. The third-order valence-electron chi connectivity index (χ3n) is 3.71. The molecule has 10 nitrogen and oxygen atoms in total. The van der Waals surface area contributed by atoms with Crippen LogP contribution >= 0.6 is 11.8 Å². The van der Waals surface area contributed by atoms with E-state index in [9.17, 15) is 18.0 Å². The van der Waals surface area contributed by atoms with Gasteiger partial charge in [0.25, 0.3) is 10.0 Å². The van der Waals surface area contributed by atoms with Crippen LogP contribution in [0.2, 0.25) is 0 Å². The number of hydrogen-bond acceptors (Lipinski definition) is 7. The summed E-state index contributed by atoms with van der Waals surface area (Å²) in [4.78, 5) is 28.4. The summed E-state index contributed by atoms with van der Waals surface area (Å²) in [6.07, 6.45) is 2.87. The Labute approximate surface area is 170 Å². The molecule has 4 N–H and O–H groups in total. The molecule has 0 saturated heterocycles. The fourth-order valence-electron chi connectivity index (χ4n) is 2.41. The first kappa shape index (κ1) is 20.5. The van der Waals surface area contributed by atoms with Gasteiger partial charge in [0.05, 0.1) is 0 Å². The van der Waals surface area contributed by atoms with Crippen LogP contribution in [0, 0.1) is 0 Å². The number of fused-ring (bicyclic) bond motifs is 1. The zero-order chi connectivity index (χ0) is 21.0. The molecule has 0 aliphatic heterocycles. The minimum atomic E-state index is -4.18. The van der Waals surface area contributed by atoms with Crippen LogP contribution in [0.25, 0.3) is 11.0 Å². The zero-order valence-corrected chi connectivity index (χ0v) is 17.0. The average molecular weight is 435 g/mol. The van der Waals surface area contributed by atoms with Crippen LogP contribution in [0.4, 0.5) is 21.2 Å². The van der Waals surface area contributed by atoms with E-state index in [1.807, 2.05) is 4.72 Å². The predicted molar refractivity (Wildman–Crippen MR) is 110 cm³/mol. The molecule has 0 aliphatic rings. The number of carbonyl (C=O) groups is 2. The number of thioether (sulfide) groups is 1. The van der Waals surface area contributed by atoms with Crippen molar-refractivity contribution >= 4 is 56.5 Å². The van der Waals surface area contributed by atoms with Crippen molar-refractivity contribution in [2.75, 3.05) is 23.9 Å². The van der Waals surface area contributed by atoms with Crippen molar-refractivity contribution in [1.29, 1.82) is 0 Å². The summed E-state index contributed by atoms with van der Waals surface area (Å²) in [7, 11) is -2.73. The molecule has 2 heterocycles. The largest absolute Gasteiger partial charge is 0.463 e. The van der Waals surface area contributed by atoms with E-state index in [2.05, 4.69) is 20.9 Å². The molecule has 0 saturated carbocycles. The maximum Gasteiger partial charge on any atom is 0.334 e. The number of pyridine rings is 1. The number of hydrogen-bond donors (Lipinski definition) is 4. The monoisotopic (exact) mass is 435 g/mol. The van der Waals surface area contributed by atoms with E-state index in [1.54, 1.807) is 42.7 Å². The number of rotatable bonds is 5. The Morgan fingerprint density at radius 1 is 1.07 bits per heavy atom. The number of benzene rings is 1. The molecule has 3 aromatic rings. The van der Waals surface area contributed by atoms with Gasteiger partial charge >= 0.3 is 12.1 Å². The second kappa shape index (κ2) is 8.41. The minimum absolute atomic E-state index is 0.0630. The summed E-state index contributed by atoms with van der Waals surface area (Å²) in [5.41, 5.74) is 0.382. The molecular weight excluding hydrogens is 418 g/mol. The number of para-hydroxylation sites is 1. The van der Waals surface area contributed by atoms with Crippen LogP contribution in [0.3, 0.4) is 0 Å². The first-order valence-electron chi connectivity index (χ1n) is 8.17. The smallest absolute Gasteiger partial charge is 0.334 e. The molecule has 152 valence electrons. The molecular formula is C17H17N5O5S2. The number of anilines is 2. The number of sulfonamides is 1. The first-order chi connectivity index (χ1) is 13.8. The van der Waals surface area contributed by atoms with Crippen LogP contribution in [-0.2, 0) is 10.0 Å². The molecule has 0 unspecified atom stereocenters. The van der Waals surface area contributed by atoms with Gasteiger partial charge in [-0.25, -0.2) is 27.7 Å². The quantitative estimate of drug-likeness (QED) is 0.451. The van der Waals surface area contributed by atoms with Gasteiger partial charge in [-0.3, -0.25) is 10.6 Å². The number of nitrogens with zero attached hydrogens (tertiary/aromatic N) is 1. The highest BCUT2D eigenvalue weighted by molar-refractivity contribution is 7.98. The van der Waals surface area contributed by atoms with E-state index in [0.29, 0.717) is 15.9 Å². The van der Waals surface area contributed by atoms with Crippen molar-refractivity contribution in [3.63, 3.8) is 0 Å². The molecule has 3 rings (SSSR count). The van der Waals surface area contributed by atoms with E-state index >= 15 is 0 Å². The highest BCUT2D eigenvalue weighted by Gasteiger charge is 2.23. The second-order valence-electron chi connectivity index (χ2n) is 5.64. The van der Waals surface area contributed by atoms with E-state index < -0.39 is 22.1 Å². The summed E-state index contributed by atoms with van der Waals surface area (Å²) in [6, 6.07) is 8.22. The Morgan fingerprint density at radius 3 is 2.38 bits per heavy atom. The second-order valence-corrected chi connectivity index (χ2v) is 8.17. The van der Waals surface area contributed by atoms with E-state index in [1.165, 1.54) is 18.8 Å². The maximum atomic E-state index is 12.6. The number of carbonyl (C=O) groups excluding carboxylic acids is 2. The van der Waals surface area contributed by atoms with Gasteiger partial charge in [-0.2, -0.15) is 0 Å². The fraction of sp³-hybridized carbons (Fsp3) is 0.118. The van der Waals surface area contributed by atoms with Crippen molar-refractivity contribution in [3.05, 3.63) is 42.7 Å². The molecule has 0 atom stereocenters. The summed E-state index contributed by atoms with van der Waals surface area (Å²) >= 11 is 1.36. The normalized spacial score (nSPS) is 11.1. The molecule has 12 heteroatoms. The lowest BCUT2D eigenvalue weighted by molar-refractivity contribution is 0.253.